The van der Waals surface area contributed by atoms with E-state index in [1.54, 1.807) is 12.1 Å². The zero-order chi connectivity index (χ0) is 14.3. The van der Waals surface area contributed by atoms with Crippen LogP contribution in [0.15, 0.2) is 24.3 Å². The minimum atomic E-state index is -4.27. The van der Waals surface area contributed by atoms with E-state index in [9.17, 15) is 13.2 Å². The topological polar surface area (TPSA) is 38.5 Å². The average molecular weight is 276 g/mol. The molecule has 0 saturated heterocycles. The minimum absolute atomic E-state index is 0.0455. The predicted molar refractivity (Wildman–Crippen MR) is 70.2 cm³/mol. The van der Waals surface area contributed by atoms with E-state index in [1.807, 2.05) is 24.0 Å². The molecular formula is C13H19F3N2O. The van der Waals surface area contributed by atoms with Gasteiger partial charge < -0.3 is 15.4 Å². The maximum absolute atomic E-state index is 11.9. The van der Waals surface area contributed by atoms with E-state index in [-0.39, 0.29) is 6.61 Å². The lowest BCUT2D eigenvalue weighted by Gasteiger charge is -2.24. The lowest BCUT2D eigenvalue weighted by molar-refractivity contribution is -0.173. The second-order valence-corrected chi connectivity index (χ2v) is 4.25. The number of hydrogen-bond acceptors (Lipinski definition) is 3. The van der Waals surface area contributed by atoms with Gasteiger partial charge in [-0.2, -0.15) is 13.2 Å². The average Bonchev–Trinajstić information content (AvgIpc) is 2.33. The van der Waals surface area contributed by atoms with Gasteiger partial charge in [0.25, 0.3) is 0 Å². The molecular weight excluding hydrogens is 257 g/mol. The number of nitrogen functional groups attached to an aromatic ring is 1. The molecule has 0 unspecified atom stereocenters. The summed E-state index contributed by atoms with van der Waals surface area (Å²) in [5.41, 5.74) is 7.20. The van der Waals surface area contributed by atoms with E-state index in [4.69, 9.17) is 5.73 Å². The Kier molecular flexibility index (Phi) is 5.95. The molecule has 108 valence electrons. The quantitative estimate of drug-likeness (QED) is 0.614. The standard InChI is InChI=1S/C13H19F3N2O/c1-2-7-18(8-9-19-10-13(14,15)16)12-5-3-11(17)4-6-12/h3-6H,2,7-10,17H2,1H3. The third kappa shape index (κ3) is 6.33. The summed E-state index contributed by atoms with van der Waals surface area (Å²) in [6.45, 7) is 2.05. The molecule has 0 amide bonds. The van der Waals surface area contributed by atoms with E-state index in [1.165, 1.54) is 0 Å². The molecule has 3 nitrogen and oxygen atoms in total. The number of alkyl halides is 3. The van der Waals surface area contributed by atoms with Gasteiger partial charge in [-0.3, -0.25) is 0 Å². The van der Waals surface area contributed by atoms with Crippen LogP contribution in [0.2, 0.25) is 0 Å². The van der Waals surface area contributed by atoms with Crippen molar-refractivity contribution in [2.24, 2.45) is 0 Å². The van der Waals surface area contributed by atoms with Crippen molar-refractivity contribution in [3.05, 3.63) is 24.3 Å². The van der Waals surface area contributed by atoms with Crippen molar-refractivity contribution in [2.45, 2.75) is 19.5 Å². The number of rotatable bonds is 7. The maximum atomic E-state index is 11.9. The van der Waals surface area contributed by atoms with Crippen molar-refractivity contribution >= 4 is 11.4 Å². The Balaban J connectivity index is 2.47. The van der Waals surface area contributed by atoms with Gasteiger partial charge in [-0.05, 0) is 30.7 Å². The molecule has 0 spiro atoms. The minimum Gasteiger partial charge on any atom is -0.399 e. The van der Waals surface area contributed by atoms with Crippen molar-refractivity contribution in [1.82, 2.24) is 0 Å². The lowest BCUT2D eigenvalue weighted by atomic mass is 10.2. The van der Waals surface area contributed by atoms with Gasteiger partial charge in [0.15, 0.2) is 0 Å². The molecule has 1 aromatic rings. The summed E-state index contributed by atoms with van der Waals surface area (Å²) >= 11 is 0. The van der Waals surface area contributed by atoms with Crippen molar-refractivity contribution in [3.8, 4) is 0 Å². The monoisotopic (exact) mass is 276 g/mol. The van der Waals surface area contributed by atoms with E-state index >= 15 is 0 Å². The highest BCUT2D eigenvalue weighted by Crippen LogP contribution is 2.17. The summed E-state index contributed by atoms with van der Waals surface area (Å²) in [6, 6.07) is 7.26. The molecule has 6 heteroatoms. The first-order valence-corrected chi connectivity index (χ1v) is 6.17. The highest BCUT2D eigenvalue weighted by molar-refractivity contribution is 5.53. The molecule has 0 bridgehead atoms. The summed E-state index contributed by atoms with van der Waals surface area (Å²) < 4.78 is 40.5. The van der Waals surface area contributed by atoms with Crippen LogP contribution in [0.5, 0.6) is 0 Å². The molecule has 0 saturated carbocycles. The van der Waals surface area contributed by atoms with Crippen LogP contribution in [-0.4, -0.2) is 32.5 Å². The summed E-state index contributed by atoms with van der Waals surface area (Å²) in [5, 5.41) is 0. The molecule has 2 N–H and O–H groups in total. The van der Waals surface area contributed by atoms with E-state index in [2.05, 4.69) is 4.74 Å². The number of ether oxygens (including phenoxy) is 1. The number of halogens is 3. The van der Waals surface area contributed by atoms with Crippen LogP contribution in [-0.2, 0) is 4.74 Å². The highest BCUT2D eigenvalue weighted by Gasteiger charge is 2.27. The van der Waals surface area contributed by atoms with Crippen molar-refractivity contribution < 1.29 is 17.9 Å². The Morgan fingerprint density at radius 3 is 2.32 bits per heavy atom. The Bertz CT molecular complexity index is 365. The van der Waals surface area contributed by atoms with Crippen LogP contribution in [0.3, 0.4) is 0 Å². The van der Waals surface area contributed by atoms with Crippen molar-refractivity contribution in [1.29, 1.82) is 0 Å². The summed E-state index contributed by atoms with van der Waals surface area (Å²) in [7, 11) is 0. The zero-order valence-electron chi connectivity index (χ0n) is 10.9. The first-order valence-electron chi connectivity index (χ1n) is 6.17. The molecule has 0 fully saturated rings. The normalized spacial score (nSPS) is 11.6. The fraction of sp³-hybridized carbons (Fsp3) is 0.538. The van der Waals surface area contributed by atoms with Gasteiger partial charge >= 0.3 is 6.18 Å². The molecule has 0 radical (unpaired) electrons. The molecule has 0 aliphatic rings. The van der Waals surface area contributed by atoms with Gasteiger partial charge in [0.1, 0.15) is 6.61 Å². The highest BCUT2D eigenvalue weighted by atomic mass is 19.4. The molecule has 0 atom stereocenters. The third-order valence-corrected chi connectivity index (χ3v) is 2.52. The number of anilines is 2. The molecule has 1 aromatic carbocycles. The van der Waals surface area contributed by atoms with Crippen LogP contribution in [0.25, 0.3) is 0 Å². The Labute approximate surface area is 111 Å². The molecule has 0 heterocycles. The van der Waals surface area contributed by atoms with E-state index < -0.39 is 12.8 Å². The van der Waals surface area contributed by atoms with E-state index in [0.717, 1.165) is 18.7 Å². The zero-order valence-corrected chi connectivity index (χ0v) is 10.9. The Morgan fingerprint density at radius 2 is 1.79 bits per heavy atom. The largest absolute Gasteiger partial charge is 0.411 e. The Morgan fingerprint density at radius 1 is 1.16 bits per heavy atom. The number of benzene rings is 1. The van der Waals surface area contributed by atoms with Gasteiger partial charge in [0.2, 0.25) is 0 Å². The number of nitrogens with zero attached hydrogens (tertiary/aromatic N) is 1. The van der Waals surface area contributed by atoms with Crippen LogP contribution in [0, 0.1) is 0 Å². The summed E-state index contributed by atoms with van der Waals surface area (Å²) in [4.78, 5) is 1.98. The first kappa shape index (κ1) is 15.6. The second-order valence-electron chi connectivity index (χ2n) is 4.25. The lowest BCUT2D eigenvalue weighted by Crippen LogP contribution is -2.29. The van der Waals surface area contributed by atoms with Crippen LogP contribution in [0.1, 0.15) is 13.3 Å². The van der Waals surface area contributed by atoms with Crippen LogP contribution < -0.4 is 10.6 Å². The number of hydrogen-bond donors (Lipinski definition) is 1. The molecule has 1 rings (SSSR count). The van der Waals surface area contributed by atoms with Crippen molar-refractivity contribution in [3.63, 3.8) is 0 Å². The van der Waals surface area contributed by atoms with Crippen molar-refractivity contribution in [2.75, 3.05) is 36.9 Å². The third-order valence-electron chi connectivity index (χ3n) is 2.52. The second kappa shape index (κ2) is 7.23. The van der Waals surface area contributed by atoms with Gasteiger partial charge in [-0.1, -0.05) is 6.92 Å². The summed E-state index contributed by atoms with van der Waals surface area (Å²) in [6.07, 6.45) is -3.36. The molecule has 19 heavy (non-hydrogen) atoms. The Hall–Kier alpha value is -1.43. The fourth-order valence-electron chi connectivity index (χ4n) is 1.69. The molecule has 0 aliphatic carbocycles. The SMILES string of the molecule is CCCN(CCOCC(F)(F)F)c1ccc(N)cc1. The maximum Gasteiger partial charge on any atom is 0.411 e. The van der Waals surface area contributed by atoms with E-state index in [0.29, 0.717) is 12.2 Å². The molecule has 0 aromatic heterocycles. The molecule has 0 aliphatic heterocycles. The van der Waals surface area contributed by atoms with Crippen LogP contribution in [0.4, 0.5) is 24.5 Å². The van der Waals surface area contributed by atoms with Gasteiger partial charge in [-0.25, -0.2) is 0 Å². The smallest absolute Gasteiger partial charge is 0.399 e. The van der Waals surface area contributed by atoms with Gasteiger partial charge in [0.05, 0.1) is 6.61 Å². The first-order chi connectivity index (χ1) is 8.92. The summed E-state index contributed by atoms with van der Waals surface area (Å²) in [5.74, 6) is 0. The predicted octanol–water partition coefficient (Wildman–Crippen LogP) is 3.06. The van der Waals surface area contributed by atoms with Gasteiger partial charge in [0, 0.05) is 24.5 Å². The fourth-order valence-corrected chi connectivity index (χ4v) is 1.69. The van der Waals surface area contributed by atoms with Crippen LogP contribution >= 0.6 is 0 Å². The number of nitrogens with two attached hydrogens (primary N) is 1. The van der Waals surface area contributed by atoms with Gasteiger partial charge in [-0.15, -0.1) is 0 Å².